The maximum atomic E-state index is 13.8. The van der Waals surface area contributed by atoms with Gasteiger partial charge in [-0.2, -0.15) is 0 Å². The van der Waals surface area contributed by atoms with Crippen LogP contribution < -0.4 is 10.2 Å². The number of benzene rings is 2. The van der Waals surface area contributed by atoms with Crippen LogP contribution in [0.25, 0.3) is 5.69 Å². The fourth-order valence-electron chi connectivity index (χ4n) is 4.05. The lowest BCUT2D eigenvalue weighted by molar-refractivity contribution is 0.475. The number of thiocarbonyl (C=S) groups is 1. The van der Waals surface area contributed by atoms with Crippen molar-refractivity contribution in [1.82, 2.24) is 14.9 Å². The average molecular weight is 465 g/mol. The van der Waals surface area contributed by atoms with Gasteiger partial charge in [0.15, 0.2) is 5.11 Å². The lowest BCUT2D eigenvalue weighted by atomic mass is 10.0. The van der Waals surface area contributed by atoms with E-state index in [1.165, 1.54) is 6.07 Å². The van der Waals surface area contributed by atoms with Crippen LogP contribution in [0.5, 0.6) is 5.75 Å². The molecular formula is C24H18ClFN4OS. The second kappa shape index (κ2) is 8.26. The third-order valence-electron chi connectivity index (χ3n) is 5.49. The molecule has 3 heterocycles. The number of aromatic hydroxyl groups is 1. The summed E-state index contributed by atoms with van der Waals surface area (Å²) in [5.41, 5.74) is 3.32. The first kappa shape index (κ1) is 20.5. The second-order valence-electron chi connectivity index (χ2n) is 7.41. The Labute approximate surface area is 194 Å². The number of hydrogen-bond donors (Lipinski definition) is 2. The number of hydrogen-bond acceptors (Lipinski definition) is 3. The van der Waals surface area contributed by atoms with Crippen molar-refractivity contribution in [2.24, 2.45) is 0 Å². The molecule has 0 spiro atoms. The number of pyridine rings is 1. The van der Waals surface area contributed by atoms with Gasteiger partial charge in [-0.1, -0.05) is 17.7 Å². The molecule has 1 aliphatic heterocycles. The molecule has 0 radical (unpaired) electrons. The molecule has 2 aromatic heterocycles. The van der Waals surface area contributed by atoms with E-state index in [0.29, 0.717) is 5.11 Å². The molecule has 5 rings (SSSR count). The standard InChI is InChI=1S/C24H18ClFN4OS/c25-18-14-16(8-11-19(18)26)29-13-3-5-21(29)23-22(20-4-1-2-12-27-20)28-24(32)30(23)15-6-9-17(31)10-7-15/h1-14,22-23,31H,(H,28,32). The highest BCUT2D eigenvalue weighted by Gasteiger charge is 2.42. The highest BCUT2D eigenvalue weighted by atomic mass is 35.5. The van der Waals surface area contributed by atoms with Crippen LogP contribution in [0.15, 0.2) is 85.2 Å². The molecule has 2 aromatic carbocycles. The van der Waals surface area contributed by atoms with Gasteiger partial charge in [0.1, 0.15) is 17.6 Å². The molecule has 0 amide bonds. The minimum Gasteiger partial charge on any atom is -0.508 e. The molecule has 32 heavy (non-hydrogen) atoms. The first-order valence-electron chi connectivity index (χ1n) is 9.95. The number of halogens is 2. The number of nitrogens with zero attached hydrogens (tertiary/aromatic N) is 3. The molecule has 2 atom stereocenters. The molecule has 0 aliphatic carbocycles. The van der Waals surface area contributed by atoms with E-state index in [1.807, 2.05) is 58.1 Å². The van der Waals surface area contributed by atoms with Crippen molar-refractivity contribution in [2.45, 2.75) is 12.1 Å². The number of phenolic OH excluding ortho intramolecular Hbond substituents is 1. The highest BCUT2D eigenvalue weighted by Crippen LogP contribution is 2.42. The fraction of sp³-hybridized carbons (Fsp3) is 0.0833. The molecule has 5 nitrogen and oxygen atoms in total. The summed E-state index contributed by atoms with van der Waals surface area (Å²) in [6.07, 6.45) is 3.66. The van der Waals surface area contributed by atoms with Crippen LogP contribution >= 0.6 is 23.8 Å². The van der Waals surface area contributed by atoms with Gasteiger partial charge in [0.25, 0.3) is 0 Å². The van der Waals surface area contributed by atoms with Crippen LogP contribution in [0.2, 0.25) is 5.02 Å². The molecule has 2 N–H and O–H groups in total. The van der Waals surface area contributed by atoms with E-state index in [-0.39, 0.29) is 22.9 Å². The summed E-state index contributed by atoms with van der Waals surface area (Å²) in [6.45, 7) is 0. The molecule has 1 aliphatic rings. The normalized spacial score (nSPS) is 18.1. The van der Waals surface area contributed by atoms with Gasteiger partial charge in [-0.3, -0.25) is 4.98 Å². The van der Waals surface area contributed by atoms with Gasteiger partial charge in [0, 0.05) is 29.5 Å². The Morgan fingerprint density at radius 1 is 1.00 bits per heavy atom. The van der Waals surface area contributed by atoms with Gasteiger partial charge < -0.3 is 19.9 Å². The van der Waals surface area contributed by atoms with Gasteiger partial charge in [-0.15, -0.1) is 0 Å². The Hall–Kier alpha value is -3.42. The minimum absolute atomic E-state index is 0.0545. The molecule has 4 aromatic rings. The van der Waals surface area contributed by atoms with Crippen LogP contribution in [0.4, 0.5) is 10.1 Å². The van der Waals surface area contributed by atoms with Crippen molar-refractivity contribution >= 4 is 34.6 Å². The molecule has 8 heteroatoms. The van der Waals surface area contributed by atoms with E-state index in [9.17, 15) is 9.50 Å². The summed E-state index contributed by atoms with van der Waals surface area (Å²) >= 11 is 11.8. The van der Waals surface area contributed by atoms with E-state index >= 15 is 0 Å². The highest BCUT2D eigenvalue weighted by molar-refractivity contribution is 7.80. The topological polar surface area (TPSA) is 53.3 Å². The summed E-state index contributed by atoms with van der Waals surface area (Å²) in [4.78, 5) is 6.56. The molecule has 0 bridgehead atoms. The molecule has 160 valence electrons. The largest absolute Gasteiger partial charge is 0.508 e. The lowest BCUT2D eigenvalue weighted by Gasteiger charge is -2.29. The third-order valence-corrected chi connectivity index (χ3v) is 6.09. The smallest absolute Gasteiger partial charge is 0.174 e. The summed E-state index contributed by atoms with van der Waals surface area (Å²) in [6, 6.07) is 20.7. The number of aromatic nitrogens is 2. The summed E-state index contributed by atoms with van der Waals surface area (Å²) in [5, 5.41) is 13.8. The van der Waals surface area contributed by atoms with Gasteiger partial charge in [0.05, 0.1) is 16.8 Å². The van der Waals surface area contributed by atoms with Crippen molar-refractivity contribution < 1.29 is 9.50 Å². The van der Waals surface area contributed by atoms with Gasteiger partial charge in [0.2, 0.25) is 0 Å². The Morgan fingerprint density at radius 3 is 2.50 bits per heavy atom. The van der Waals surface area contributed by atoms with Crippen LogP contribution in [0.3, 0.4) is 0 Å². The van der Waals surface area contributed by atoms with E-state index in [0.717, 1.165) is 22.8 Å². The van der Waals surface area contributed by atoms with E-state index in [4.69, 9.17) is 23.8 Å². The predicted molar refractivity (Wildman–Crippen MR) is 127 cm³/mol. The number of rotatable bonds is 4. The van der Waals surface area contributed by atoms with Gasteiger partial charge in [-0.05, 0) is 78.9 Å². The number of phenols is 1. The third kappa shape index (κ3) is 3.59. The Balaban J connectivity index is 1.67. The number of nitrogens with one attached hydrogen (secondary N) is 1. The minimum atomic E-state index is -0.468. The van der Waals surface area contributed by atoms with Crippen molar-refractivity contribution in [3.8, 4) is 11.4 Å². The Bertz CT molecular complexity index is 1280. The zero-order valence-electron chi connectivity index (χ0n) is 16.7. The SMILES string of the molecule is Oc1ccc(N2C(=S)NC(c3ccccn3)C2c2cccn2-c2ccc(F)c(Cl)c2)cc1. The summed E-state index contributed by atoms with van der Waals surface area (Å²) in [5.74, 6) is -0.293. The summed E-state index contributed by atoms with van der Waals surface area (Å²) < 4.78 is 15.8. The van der Waals surface area contributed by atoms with Crippen LogP contribution in [-0.2, 0) is 0 Å². The van der Waals surface area contributed by atoms with Crippen LogP contribution in [-0.4, -0.2) is 19.8 Å². The zero-order chi connectivity index (χ0) is 22.2. The van der Waals surface area contributed by atoms with Crippen molar-refractivity contribution in [3.63, 3.8) is 0 Å². The fourth-order valence-corrected chi connectivity index (χ4v) is 4.57. The Morgan fingerprint density at radius 2 is 1.78 bits per heavy atom. The van der Waals surface area contributed by atoms with Crippen molar-refractivity contribution in [2.75, 3.05) is 4.90 Å². The van der Waals surface area contributed by atoms with E-state index < -0.39 is 5.82 Å². The second-order valence-corrected chi connectivity index (χ2v) is 8.21. The predicted octanol–water partition coefficient (Wildman–Crippen LogP) is 5.55. The maximum absolute atomic E-state index is 13.8. The first-order valence-corrected chi connectivity index (χ1v) is 10.7. The lowest BCUT2D eigenvalue weighted by Crippen LogP contribution is -2.30. The Kier molecular flexibility index (Phi) is 5.28. The van der Waals surface area contributed by atoms with Gasteiger partial charge in [-0.25, -0.2) is 4.39 Å². The molecule has 0 saturated carbocycles. The summed E-state index contributed by atoms with van der Waals surface area (Å²) in [7, 11) is 0. The maximum Gasteiger partial charge on any atom is 0.174 e. The van der Waals surface area contributed by atoms with Crippen LogP contribution in [0.1, 0.15) is 23.5 Å². The van der Waals surface area contributed by atoms with Crippen LogP contribution in [0, 0.1) is 5.82 Å². The number of anilines is 1. The average Bonchev–Trinajstić information content (AvgIpc) is 3.41. The monoisotopic (exact) mass is 464 g/mol. The van der Waals surface area contributed by atoms with Crippen molar-refractivity contribution in [3.05, 3.63) is 107 Å². The molecular weight excluding hydrogens is 447 g/mol. The van der Waals surface area contributed by atoms with Crippen molar-refractivity contribution in [1.29, 1.82) is 0 Å². The first-order chi connectivity index (χ1) is 15.5. The molecule has 1 fully saturated rings. The quantitative estimate of drug-likeness (QED) is 0.388. The molecule has 1 saturated heterocycles. The van der Waals surface area contributed by atoms with E-state index in [1.54, 1.807) is 30.5 Å². The van der Waals surface area contributed by atoms with E-state index in [2.05, 4.69) is 10.3 Å². The van der Waals surface area contributed by atoms with Gasteiger partial charge >= 0.3 is 0 Å². The zero-order valence-corrected chi connectivity index (χ0v) is 18.3. The molecule has 2 unspecified atom stereocenters.